The number of hydrogen-bond acceptors (Lipinski definition) is 10. The van der Waals surface area contributed by atoms with Crippen molar-refractivity contribution in [2.45, 2.75) is 6.92 Å². The highest BCUT2D eigenvalue weighted by Gasteiger charge is 2.22. The Balaban J connectivity index is 0.932. The summed E-state index contributed by atoms with van der Waals surface area (Å²) in [5.74, 6) is 2.27. The van der Waals surface area contributed by atoms with E-state index in [0.29, 0.717) is 78.4 Å². The lowest BCUT2D eigenvalue weighted by molar-refractivity contribution is 0.0180. The number of rotatable bonds is 27. The van der Waals surface area contributed by atoms with E-state index < -0.39 is 0 Å². The maximum Gasteiger partial charge on any atom is 0.119 e. The summed E-state index contributed by atoms with van der Waals surface area (Å²) in [4.78, 5) is 2.40. The fraction of sp³-hybridized carbons (Fsp3) is 0.217. The van der Waals surface area contributed by atoms with Gasteiger partial charge in [-0.05, 0) is 153 Å². The third kappa shape index (κ3) is 11.2. The monoisotopic (exact) mass is 1090 g/mol. The van der Waals surface area contributed by atoms with Crippen LogP contribution in [-0.4, -0.2) is 112 Å². The van der Waals surface area contributed by atoms with Gasteiger partial charge in [-0.15, -0.1) is 0 Å². The van der Waals surface area contributed by atoms with E-state index in [0.717, 1.165) is 111 Å². The molecule has 0 aliphatic heterocycles. The predicted octanol–water partition coefficient (Wildman–Crippen LogP) is 14.3. The predicted molar refractivity (Wildman–Crippen MR) is 329 cm³/mol. The summed E-state index contributed by atoms with van der Waals surface area (Å²) >= 11 is 0. The fourth-order valence-electron chi connectivity index (χ4n) is 11.1. The molecule has 0 radical (unpaired) electrons. The SMILES string of the molecule is CCOCCOCCOc1ccc(-n2c3ccccc3c3cc(N(c4ccc5c(c4)c4ccccc4n5-c4ccc(OCCO)cc4)c4ccc5c(c4)c4ccccc4n5-c4ccc(OCCOCCOCCOC)cc4)ccc32)cc1. The fourth-order valence-corrected chi connectivity index (χ4v) is 11.1. The molecule has 0 saturated carbocycles. The van der Waals surface area contributed by atoms with E-state index in [-0.39, 0.29) is 13.2 Å². The Morgan fingerprint density at radius 1 is 0.329 bits per heavy atom. The van der Waals surface area contributed by atoms with Crippen molar-refractivity contribution in [3.63, 3.8) is 0 Å². The standard InChI is InChI=1S/C69H66N4O9/c1-3-76-38-39-78-42-44-81-56-27-18-50(19-28-56)72-65-14-8-5-11-59(65)62-47-53(23-32-68(62)72)70(52-22-31-67-61(46-52)58-10-4-7-13-64(58)71(67)49-16-25-55(26-17-49)80-35-34-74)54-24-33-69-63(48-54)60-12-6-9-15-66(60)73(69)51-20-29-57(30-21-51)82-45-43-79-41-40-77-37-36-75-2/h4-33,46-48,74H,3,34-45H2,1-2H3. The van der Waals surface area contributed by atoms with Crippen molar-refractivity contribution in [3.8, 4) is 34.3 Å². The summed E-state index contributed by atoms with van der Waals surface area (Å²) in [5, 5.41) is 16.2. The minimum atomic E-state index is -0.0439. The van der Waals surface area contributed by atoms with Gasteiger partial charge in [0, 0.05) is 80.2 Å². The molecular weight excluding hydrogens is 1030 g/mol. The maximum absolute atomic E-state index is 9.40. The lowest BCUT2D eigenvalue weighted by Crippen LogP contribution is -2.12. The van der Waals surface area contributed by atoms with Crippen molar-refractivity contribution < 1.29 is 43.0 Å². The molecule has 0 aliphatic carbocycles. The first kappa shape index (κ1) is 54.0. The van der Waals surface area contributed by atoms with Gasteiger partial charge >= 0.3 is 0 Å². The van der Waals surface area contributed by atoms with Crippen molar-refractivity contribution in [1.82, 2.24) is 13.7 Å². The molecule has 12 rings (SSSR count). The van der Waals surface area contributed by atoms with E-state index >= 15 is 0 Å². The van der Waals surface area contributed by atoms with Crippen molar-refractivity contribution in [1.29, 1.82) is 0 Å². The molecule has 3 heterocycles. The van der Waals surface area contributed by atoms with Crippen LogP contribution in [0.3, 0.4) is 0 Å². The summed E-state index contributed by atoms with van der Waals surface area (Å²) in [6, 6.07) is 71.0. The Labute approximate surface area is 476 Å². The molecule has 13 nitrogen and oxygen atoms in total. The highest BCUT2D eigenvalue weighted by molar-refractivity contribution is 6.14. The lowest BCUT2D eigenvalue weighted by Gasteiger charge is -2.26. The first-order valence-corrected chi connectivity index (χ1v) is 28.1. The van der Waals surface area contributed by atoms with Crippen LogP contribution in [0.25, 0.3) is 82.5 Å². The second-order valence-corrected chi connectivity index (χ2v) is 19.8. The Kier molecular flexibility index (Phi) is 16.7. The molecule has 13 heteroatoms. The smallest absolute Gasteiger partial charge is 0.119 e. The van der Waals surface area contributed by atoms with Crippen LogP contribution in [-0.2, 0) is 23.7 Å². The van der Waals surface area contributed by atoms with Gasteiger partial charge in [0.1, 0.15) is 37.1 Å². The van der Waals surface area contributed by atoms with E-state index in [1.165, 1.54) is 0 Å². The third-order valence-electron chi connectivity index (χ3n) is 14.8. The quantitative estimate of drug-likeness (QED) is 0.0500. The minimum absolute atomic E-state index is 0.0439. The first-order chi connectivity index (χ1) is 40.6. The van der Waals surface area contributed by atoms with Gasteiger partial charge in [0.25, 0.3) is 0 Å². The zero-order valence-corrected chi connectivity index (χ0v) is 46.2. The molecule has 0 aliphatic rings. The van der Waals surface area contributed by atoms with Crippen LogP contribution < -0.4 is 19.1 Å². The highest BCUT2D eigenvalue weighted by Crippen LogP contribution is 2.44. The first-order valence-electron chi connectivity index (χ1n) is 28.1. The summed E-state index contributed by atoms with van der Waals surface area (Å²) in [6.45, 7) is 7.96. The van der Waals surface area contributed by atoms with Crippen LogP contribution in [0.4, 0.5) is 17.1 Å². The zero-order valence-electron chi connectivity index (χ0n) is 46.2. The molecule has 9 aromatic carbocycles. The van der Waals surface area contributed by atoms with Crippen LogP contribution in [0.2, 0.25) is 0 Å². The van der Waals surface area contributed by atoms with Crippen LogP contribution in [0.1, 0.15) is 6.92 Å². The van der Waals surface area contributed by atoms with Gasteiger partial charge in [-0.3, -0.25) is 0 Å². The van der Waals surface area contributed by atoms with Gasteiger partial charge in [-0.2, -0.15) is 0 Å². The van der Waals surface area contributed by atoms with Gasteiger partial charge in [-0.25, -0.2) is 0 Å². The topological polar surface area (TPSA) is 112 Å². The maximum atomic E-state index is 9.40. The molecule has 1 N–H and O–H groups in total. The van der Waals surface area contributed by atoms with Crippen LogP contribution in [0.5, 0.6) is 17.2 Å². The van der Waals surface area contributed by atoms with Gasteiger partial charge in [0.05, 0.1) is 92.6 Å². The molecule has 416 valence electrons. The third-order valence-corrected chi connectivity index (χ3v) is 14.8. The number of aromatic nitrogens is 3. The number of aliphatic hydroxyl groups is 1. The average Bonchev–Trinajstić information content (AvgIpc) is 4.09. The Bertz CT molecular complexity index is 4090. The normalized spacial score (nSPS) is 11.7. The number of nitrogens with zero attached hydrogens (tertiary/aromatic N) is 4. The van der Waals surface area contributed by atoms with E-state index in [9.17, 15) is 5.11 Å². The Morgan fingerprint density at radius 2 is 0.646 bits per heavy atom. The van der Waals surface area contributed by atoms with Gasteiger partial charge in [0.2, 0.25) is 0 Å². The minimum Gasteiger partial charge on any atom is -0.491 e. The number of methoxy groups -OCH3 is 1. The Hall–Kier alpha value is -8.66. The van der Waals surface area contributed by atoms with E-state index in [1.54, 1.807) is 7.11 Å². The van der Waals surface area contributed by atoms with Crippen LogP contribution >= 0.6 is 0 Å². The molecule has 0 saturated heterocycles. The number of para-hydroxylation sites is 3. The molecule has 3 aromatic heterocycles. The van der Waals surface area contributed by atoms with Gasteiger partial charge in [-0.1, -0.05) is 54.6 Å². The molecule has 12 aromatic rings. The number of anilines is 3. The molecule has 0 fully saturated rings. The van der Waals surface area contributed by atoms with E-state index in [2.05, 4.69) is 182 Å². The highest BCUT2D eigenvalue weighted by atomic mass is 16.6. The molecule has 0 atom stereocenters. The Morgan fingerprint density at radius 3 is 1.00 bits per heavy atom. The second-order valence-electron chi connectivity index (χ2n) is 19.8. The van der Waals surface area contributed by atoms with Crippen LogP contribution in [0.15, 0.2) is 200 Å². The molecule has 0 bridgehead atoms. The zero-order chi connectivity index (χ0) is 55.6. The van der Waals surface area contributed by atoms with Crippen molar-refractivity contribution >= 4 is 82.5 Å². The largest absolute Gasteiger partial charge is 0.491 e. The average molecular weight is 1100 g/mol. The molecular formula is C69H66N4O9. The second kappa shape index (κ2) is 25.4. The molecule has 0 spiro atoms. The number of ether oxygens (including phenoxy) is 8. The van der Waals surface area contributed by atoms with E-state index in [4.69, 9.17) is 37.9 Å². The summed E-state index contributed by atoms with van der Waals surface area (Å²) in [5.41, 5.74) is 12.7. The lowest BCUT2D eigenvalue weighted by atomic mass is 10.1. The molecule has 0 unspecified atom stereocenters. The summed E-state index contributed by atoms with van der Waals surface area (Å²) in [7, 11) is 1.66. The van der Waals surface area contributed by atoms with Crippen molar-refractivity contribution in [3.05, 3.63) is 200 Å². The molecule has 82 heavy (non-hydrogen) atoms. The summed E-state index contributed by atoms with van der Waals surface area (Å²) in [6.07, 6.45) is 0. The number of fused-ring (bicyclic) bond motifs is 9. The van der Waals surface area contributed by atoms with Gasteiger partial charge in [0.15, 0.2) is 0 Å². The number of hydrogen-bond donors (Lipinski definition) is 1. The van der Waals surface area contributed by atoms with Crippen molar-refractivity contribution in [2.75, 3.05) is 97.9 Å². The number of benzene rings is 9. The molecule has 0 amide bonds. The number of aliphatic hydroxyl groups excluding tert-OH is 1. The van der Waals surface area contributed by atoms with Gasteiger partial charge < -0.3 is 61.6 Å². The van der Waals surface area contributed by atoms with Crippen molar-refractivity contribution in [2.24, 2.45) is 0 Å². The summed E-state index contributed by atoms with van der Waals surface area (Å²) < 4.78 is 52.3. The van der Waals surface area contributed by atoms with Crippen LogP contribution in [0, 0.1) is 0 Å². The van der Waals surface area contributed by atoms with E-state index in [1.807, 2.05) is 43.3 Å².